The fourth-order valence-corrected chi connectivity index (χ4v) is 3.67. The normalized spacial score (nSPS) is 12.6. The molecule has 0 bridgehead atoms. The van der Waals surface area contributed by atoms with Crippen LogP contribution >= 0.6 is 0 Å². The molecule has 2 unspecified atom stereocenters. The minimum absolute atomic E-state index is 0. The average Bonchev–Trinajstić information content (AvgIpc) is 2.79. The summed E-state index contributed by atoms with van der Waals surface area (Å²) >= 11 is 0. The van der Waals surface area contributed by atoms with Crippen LogP contribution in [-0.2, 0) is 19.6 Å². The van der Waals surface area contributed by atoms with E-state index in [1.807, 2.05) is 30.3 Å². The van der Waals surface area contributed by atoms with E-state index in [-0.39, 0.29) is 55.8 Å². The van der Waals surface area contributed by atoms with Gasteiger partial charge >= 0.3 is 29.6 Å². The van der Waals surface area contributed by atoms with Gasteiger partial charge < -0.3 is 23.9 Å². The molecule has 0 radical (unpaired) electrons. The Bertz CT molecular complexity index is 678. The van der Waals surface area contributed by atoms with Gasteiger partial charge in [-0.25, -0.2) is 8.42 Å². The first-order chi connectivity index (χ1) is 16.3. The number of unbranched alkanes of at least 4 members (excludes halogenated alkanes) is 7. The fourth-order valence-electron chi connectivity index (χ4n) is 3.03. The number of hydrogen-bond acceptors (Lipinski definition) is 7. The van der Waals surface area contributed by atoms with Gasteiger partial charge in [0.2, 0.25) is 0 Å². The van der Waals surface area contributed by atoms with Gasteiger partial charge in [-0.1, -0.05) is 89.5 Å². The molecule has 1 aromatic carbocycles. The van der Waals surface area contributed by atoms with Crippen LogP contribution in [0.2, 0.25) is 0 Å². The van der Waals surface area contributed by atoms with Gasteiger partial charge in [0, 0.05) is 6.61 Å². The number of aliphatic hydroxyl groups excluding tert-OH is 1. The van der Waals surface area contributed by atoms with Gasteiger partial charge in [-0.2, -0.15) is 0 Å². The molecule has 198 valence electrons. The van der Waals surface area contributed by atoms with E-state index in [1.54, 1.807) is 6.08 Å². The van der Waals surface area contributed by atoms with Crippen molar-refractivity contribution in [3.63, 3.8) is 0 Å². The second-order valence-corrected chi connectivity index (χ2v) is 9.68. The third kappa shape index (κ3) is 26.4. The van der Waals surface area contributed by atoms with E-state index in [1.165, 1.54) is 51.4 Å². The Balaban J connectivity index is 0. The third-order valence-corrected chi connectivity index (χ3v) is 5.67. The molecule has 1 N–H and O–H groups in total. The zero-order valence-electron chi connectivity index (χ0n) is 22.0. The summed E-state index contributed by atoms with van der Waals surface area (Å²) in [6.45, 7) is 9.03. The Morgan fingerprint density at radius 2 is 1.57 bits per heavy atom. The SMILES string of the molecule is C=CCOCC(COc1ccccc1)OCCC(O)CS(=O)(=O)[O-].CCCCCCCCCC.[Na+]. The van der Waals surface area contributed by atoms with Gasteiger partial charge in [-0.15, -0.1) is 6.58 Å². The van der Waals surface area contributed by atoms with E-state index in [4.69, 9.17) is 14.2 Å². The molecule has 9 heteroatoms. The quantitative estimate of drug-likeness (QED) is 0.121. The molecule has 0 aliphatic heterocycles. The molecule has 0 aliphatic rings. The van der Waals surface area contributed by atoms with Crippen LogP contribution in [0.1, 0.15) is 71.6 Å². The Hall–Kier alpha value is -0.450. The van der Waals surface area contributed by atoms with Crippen molar-refractivity contribution >= 4 is 10.1 Å². The Kier molecular flexibility index (Phi) is 26.4. The van der Waals surface area contributed by atoms with Crippen molar-refractivity contribution in [1.82, 2.24) is 0 Å². The smallest absolute Gasteiger partial charge is 0.748 e. The van der Waals surface area contributed by atoms with Crippen LogP contribution in [0.25, 0.3) is 0 Å². The zero-order valence-corrected chi connectivity index (χ0v) is 24.8. The first kappa shape index (κ1) is 36.7. The van der Waals surface area contributed by atoms with Gasteiger partial charge in [-0.3, -0.25) is 0 Å². The molecule has 0 aromatic heterocycles. The van der Waals surface area contributed by atoms with Crippen LogP contribution in [-0.4, -0.2) is 62.5 Å². The molecule has 1 rings (SSSR count). The predicted octanol–water partition coefficient (Wildman–Crippen LogP) is 2.10. The minimum Gasteiger partial charge on any atom is -0.748 e. The summed E-state index contributed by atoms with van der Waals surface area (Å²) in [5, 5.41) is 9.48. The molecular formula is C26H45NaO7S. The van der Waals surface area contributed by atoms with Crippen LogP contribution in [0.15, 0.2) is 43.0 Å². The topological polar surface area (TPSA) is 105 Å². The minimum atomic E-state index is -4.45. The molecule has 0 fully saturated rings. The maximum absolute atomic E-state index is 10.6. The molecule has 0 aliphatic carbocycles. The van der Waals surface area contributed by atoms with Crippen LogP contribution < -0.4 is 34.3 Å². The number of benzene rings is 1. The second-order valence-electron chi connectivity index (χ2n) is 8.23. The average molecular weight is 525 g/mol. The predicted molar refractivity (Wildman–Crippen MR) is 136 cm³/mol. The van der Waals surface area contributed by atoms with Gasteiger partial charge in [-0.05, 0) is 18.6 Å². The number of ether oxygens (including phenoxy) is 3. The van der Waals surface area contributed by atoms with Crippen molar-refractivity contribution in [2.45, 2.75) is 83.8 Å². The molecule has 0 spiro atoms. The molecule has 35 heavy (non-hydrogen) atoms. The first-order valence-corrected chi connectivity index (χ1v) is 14.0. The zero-order chi connectivity index (χ0) is 25.5. The maximum atomic E-state index is 10.6. The van der Waals surface area contributed by atoms with Crippen LogP contribution in [0.5, 0.6) is 5.75 Å². The van der Waals surface area contributed by atoms with E-state index < -0.39 is 28.1 Å². The summed E-state index contributed by atoms with van der Waals surface area (Å²) in [6, 6.07) is 9.19. The van der Waals surface area contributed by atoms with Crippen LogP contribution in [0, 0.1) is 0 Å². The van der Waals surface area contributed by atoms with Crippen molar-refractivity contribution in [2.24, 2.45) is 0 Å². The molecule has 0 amide bonds. The van der Waals surface area contributed by atoms with E-state index in [2.05, 4.69) is 20.4 Å². The van der Waals surface area contributed by atoms with Crippen LogP contribution in [0.3, 0.4) is 0 Å². The Morgan fingerprint density at radius 1 is 1.00 bits per heavy atom. The van der Waals surface area contributed by atoms with Crippen molar-refractivity contribution < 1.29 is 61.8 Å². The summed E-state index contributed by atoms with van der Waals surface area (Å²) in [4.78, 5) is 0. The maximum Gasteiger partial charge on any atom is 1.00 e. The summed E-state index contributed by atoms with van der Waals surface area (Å²) in [6.07, 6.45) is 11.4. The summed E-state index contributed by atoms with van der Waals surface area (Å²) in [7, 11) is -4.45. The van der Waals surface area contributed by atoms with Crippen molar-refractivity contribution in [2.75, 3.05) is 32.2 Å². The summed E-state index contributed by atoms with van der Waals surface area (Å²) in [5.74, 6) is -0.138. The second kappa shape index (κ2) is 25.2. The Morgan fingerprint density at radius 3 is 2.09 bits per heavy atom. The van der Waals surface area contributed by atoms with Gasteiger partial charge in [0.25, 0.3) is 0 Å². The molecule has 0 saturated carbocycles. The van der Waals surface area contributed by atoms with E-state index in [0.29, 0.717) is 12.4 Å². The summed E-state index contributed by atoms with van der Waals surface area (Å²) in [5.41, 5.74) is 0. The Labute approximate surface area is 235 Å². The largest absolute Gasteiger partial charge is 1.00 e. The third-order valence-electron chi connectivity index (χ3n) is 4.88. The molecule has 7 nitrogen and oxygen atoms in total. The molecule has 0 saturated heterocycles. The van der Waals surface area contributed by atoms with Gasteiger partial charge in [0.15, 0.2) is 0 Å². The molecule has 2 atom stereocenters. The number of aliphatic hydroxyl groups is 1. The standard InChI is InChI=1S/C16H24O7S.C10H22.Na/c1-2-9-21-11-16(12-23-15-6-4-3-5-7-15)22-10-8-14(17)13-24(18,19)20;1-3-5-7-9-10-8-6-4-2;/h2-7,14,16-17H,1,8-13H2,(H,18,19,20);3-10H2,1-2H3;/q;;+1/p-1. The van der Waals surface area contributed by atoms with Crippen molar-refractivity contribution in [1.29, 1.82) is 0 Å². The van der Waals surface area contributed by atoms with Crippen molar-refractivity contribution in [3.8, 4) is 5.75 Å². The van der Waals surface area contributed by atoms with E-state index >= 15 is 0 Å². The molecule has 0 heterocycles. The van der Waals surface area contributed by atoms with Crippen molar-refractivity contribution in [3.05, 3.63) is 43.0 Å². The molecular weight excluding hydrogens is 479 g/mol. The number of para-hydroxylation sites is 1. The number of hydrogen-bond donors (Lipinski definition) is 1. The first-order valence-electron chi connectivity index (χ1n) is 12.4. The van der Waals surface area contributed by atoms with Gasteiger partial charge in [0.1, 0.15) is 18.5 Å². The van der Waals surface area contributed by atoms with Gasteiger partial charge in [0.05, 0.1) is 35.2 Å². The summed E-state index contributed by atoms with van der Waals surface area (Å²) < 4.78 is 48.2. The number of rotatable bonds is 20. The van der Waals surface area contributed by atoms with Crippen LogP contribution in [0.4, 0.5) is 0 Å². The van der Waals surface area contributed by atoms with E-state index in [0.717, 1.165) is 0 Å². The monoisotopic (exact) mass is 524 g/mol. The van der Waals surface area contributed by atoms with E-state index in [9.17, 15) is 18.1 Å². The fraction of sp³-hybridized carbons (Fsp3) is 0.692. The molecule has 1 aromatic rings.